The van der Waals surface area contributed by atoms with Crippen LogP contribution in [0.5, 0.6) is 17.2 Å². The molecular formula is C36H43N3O6S. The van der Waals surface area contributed by atoms with Crippen LogP contribution in [0.2, 0.25) is 0 Å². The summed E-state index contributed by atoms with van der Waals surface area (Å²) in [6, 6.07) is 23.3. The molecule has 0 spiro atoms. The minimum absolute atomic E-state index is 0.0293. The molecular weight excluding hydrogens is 602 g/mol. The van der Waals surface area contributed by atoms with Crippen LogP contribution in [0.1, 0.15) is 31.9 Å². The van der Waals surface area contributed by atoms with Crippen molar-refractivity contribution in [2.45, 2.75) is 43.4 Å². The number of para-hydroxylation sites is 1. The molecule has 2 fully saturated rings. The maximum Gasteiger partial charge on any atom is 0.244 e. The molecule has 9 nitrogen and oxygen atoms in total. The summed E-state index contributed by atoms with van der Waals surface area (Å²) in [4.78, 5) is 18.5. The average Bonchev–Trinajstić information content (AvgIpc) is 3.53. The summed E-state index contributed by atoms with van der Waals surface area (Å²) in [5.41, 5.74) is 2.38. The monoisotopic (exact) mass is 645 g/mol. The fraction of sp³-hybridized carbons (Fsp3) is 0.361. The van der Waals surface area contributed by atoms with E-state index in [0.29, 0.717) is 43.4 Å². The van der Waals surface area contributed by atoms with Gasteiger partial charge in [-0.1, -0.05) is 66.8 Å². The summed E-state index contributed by atoms with van der Waals surface area (Å²) in [6.45, 7) is 6.39. The fourth-order valence-electron chi connectivity index (χ4n) is 6.35. The lowest BCUT2D eigenvalue weighted by molar-refractivity contribution is -0.136. The molecule has 0 N–H and O–H groups in total. The van der Waals surface area contributed by atoms with E-state index in [2.05, 4.69) is 29.2 Å². The third-order valence-electron chi connectivity index (χ3n) is 8.62. The lowest BCUT2D eigenvalue weighted by Gasteiger charge is -2.41. The van der Waals surface area contributed by atoms with Gasteiger partial charge in [-0.15, -0.1) is 0 Å². The van der Waals surface area contributed by atoms with E-state index < -0.39 is 22.2 Å². The Morgan fingerprint density at radius 3 is 2.13 bits per heavy atom. The Morgan fingerprint density at radius 1 is 0.870 bits per heavy atom. The smallest absolute Gasteiger partial charge is 0.244 e. The largest absolute Gasteiger partial charge is 0.493 e. The van der Waals surface area contributed by atoms with Crippen LogP contribution < -0.4 is 14.2 Å². The van der Waals surface area contributed by atoms with Crippen molar-refractivity contribution in [1.82, 2.24) is 14.1 Å². The third-order valence-corrected chi connectivity index (χ3v) is 10.5. The summed E-state index contributed by atoms with van der Waals surface area (Å²) >= 11 is 0. The number of carbonyl (C=O) groups is 1. The Bertz CT molecular complexity index is 1640. The number of nitrogens with zero attached hydrogens (tertiary/aromatic N) is 3. The molecule has 2 saturated heterocycles. The Morgan fingerprint density at radius 2 is 1.52 bits per heavy atom. The quantitative estimate of drug-likeness (QED) is 0.261. The van der Waals surface area contributed by atoms with Crippen molar-refractivity contribution in [2.75, 3.05) is 46.9 Å². The number of methoxy groups -OCH3 is 2. The van der Waals surface area contributed by atoms with Gasteiger partial charge in [0, 0.05) is 38.7 Å². The maximum absolute atomic E-state index is 14.2. The van der Waals surface area contributed by atoms with Crippen molar-refractivity contribution in [3.8, 4) is 17.2 Å². The van der Waals surface area contributed by atoms with Gasteiger partial charge in [0.15, 0.2) is 11.5 Å². The summed E-state index contributed by atoms with van der Waals surface area (Å²) in [5.74, 6) is 1.14. The van der Waals surface area contributed by atoms with Crippen LogP contribution in [0, 0.1) is 0 Å². The van der Waals surface area contributed by atoms with Gasteiger partial charge in [-0.3, -0.25) is 9.69 Å². The number of amides is 1. The molecule has 0 saturated carbocycles. The van der Waals surface area contributed by atoms with Crippen molar-refractivity contribution < 1.29 is 27.4 Å². The van der Waals surface area contributed by atoms with Crippen LogP contribution >= 0.6 is 0 Å². The van der Waals surface area contributed by atoms with Crippen LogP contribution in [0.25, 0.3) is 0 Å². The van der Waals surface area contributed by atoms with Gasteiger partial charge in [-0.05, 0) is 49.2 Å². The molecule has 2 aliphatic rings. The van der Waals surface area contributed by atoms with Gasteiger partial charge < -0.3 is 19.1 Å². The van der Waals surface area contributed by atoms with Crippen molar-refractivity contribution in [1.29, 1.82) is 0 Å². The minimum atomic E-state index is -4.09. The van der Waals surface area contributed by atoms with E-state index in [1.54, 1.807) is 11.0 Å². The van der Waals surface area contributed by atoms with Gasteiger partial charge in [-0.2, -0.15) is 4.31 Å². The van der Waals surface area contributed by atoms with Crippen molar-refractivity contribution in [3.63, 3.8) is 0 Å². The number of hydrogen-bond donors (Lipinski definition) is 0. The van der Waals surface area contributed by atoms with Crippen molar-refractivity contribution in [2.24, 2.45) is 0 Å². The van der Waals surface area contributed by atoms with Gasteiger partial charge in [-0.25, -0.2) is 8.42 Å². The number of rotatable bonds is 11. The summed E-state index contributed by atoms with van der Waals surface area (Å²) in [5, 5.41) is 0. The van der Waals surface area contributed by atoms with E-state index in [0.717, 1.165) is 0 Å². The highest BCUT2D eigenvalue weighted by Crippen LogP contribution is 2.35. The lowest BCUT2D eigenvalue weighted by Crippen LogP contribution is -2.54. The zero-order valence-corrected chi connectivity index (χ0v) is 27.7. The number of hydrogen-bond acceptors (Lipinski definition) is 7. The SMILES string of the molecule is C/C=C\C(=C/C)C(c1ccccc1)N1CCN(C(=O)C2CC(Oc3ccccc3)CN2S(=O)(=O)c2ccc(OC)c(OC)c2)CC1. The van der Waals surface area contributed by atoms with E-state index in [1.807, 2.05) is 68.5 Å². The summed E-state index contributed by atoms with van der Waals surface area (Å²) in [7, 11) is -1.14. The Hall–Kier alpha value is -4.12. The van der Waals surface area contributed by atoms with Crippen LogP contribution in [0.3, 0.4) is 0 Å². The van der Waals surface area contributed by atoms with E-state index in [4.69, 9.17) is 14.2 Å². The zero-order valence-electron chi connectivity index (χ0n) is 26.9. The second-order valence-corrected chi connectivity index (χ2v) is 13.2. The number of allylic oxidation sites excluding steroid dienone is 2. The van der Waals surface area contributed by atoms with Gasteiger partial charge in [0.2, 0.25) is 15.9 Å². The van der Waals surface area contributed by atoms with Gasteiger partial charge in [0.05, 0.1) is 31.7 Å². The molecule has 3 aromatic carbocycles. The molecule has 0 radical (unpaired) electrons. The number of carbonyl (C=O) groups excluding carboxylic acids is 1. The second kappa shape index (κ2) is 15.0. The first-order valence-electron chi connectivity index (χ1n) is 15.6. The third kappa shape index (κ3) is 7.14. The van der Waals surface area contributed by atoms with Crippen LogP contribution in [-0.2, 0) is 14.8 Å². The summed E-state index contributed by atoms with van der Waals surface area (Å²) in [6.07, 6.45) is 6.08. The van der Waals surface area contributed by atoms with Crippen LogP contribution in [0.15, 0.2) is 108 Å². The van der Waals surface area contributed by atoms with Gasteiger partial charge in [0.1, 0.15) is 17.9 Å². The first kappa shape index (κ1) is 33.2. The maximum atomic E-state index is 14.2. The predicted molar refractivity (Wildman–Crippen MR) is 179 cm³/mol. The zero-order chi connectivity index (χ0) is 32.7. The Kier molecular flexibility index (Phi) is 10.8. The highest BCUT2D eigenvalue weighted by molar-refractivity contribution is 7.89. The normalized spacial score (nSPS) is 20.5. The first-order chi connectivity index (χ1) is 22.3. The minimum Gasteiger partial charge on any atom is -0.493 e. The number of ether oxygens (including phenoxy) is 3. The highest BCUT2D eigenvalue weighted by Gasteiger charge is 2.47. The van der Waals surface area contributed by atoms with Crippen molar-refractivity contribution in [3.05, 3.63) is 108 Å². The standard InChI is InChI=1S/C36H43N3O6S/c1-5-13-27(6-2)35(28-14-9-7-10-15-28)37-20-22-38(23-21-37)36(40)32-24-30(45-29-16-11-8-12-17-29)26-39(32)46(41,42)31-18-19-33(43-3)34(25-31)44-4/h5-19,25,30,32,35H,20-24,26H2,1-4H3/b13-5-,27-6+. The molecule has 244 valence electrons. The van der Waals surface area contributed by atoms with Crippen molar-refractivity contribution >= 4 is 15.9 Å². The van der Waals surface area contributed by atoms with Crippen LogP contribution in [0.4, 0.5) is 0 Å². The molecule has 3 unspecified atom stereocenters. The average molecular weight is 646 g/mol. The molecule has 5 rings (SSSR count). The molecule has 2 aliphatic heterocycles. The second-order valence-electron chi connectivity index (χ2n) is 11.4. The van der Waals surface area contributed by atoms with Gasteiger partial charge >= 0.3 is 0 Å². The van der Waals surface area contributed by atoms with Crippen LogP contribution in [-0.4, -0.2) is 87.5 Å². The Labute approximate surface area is 272 Å². The molecule has 46 heavy (non-hydrogen) atoms. The Balaban J connectivity index is 1.39. The number of benzene rings is 3. The molecule has 0 aliphatic carbocycles. The van der Waals surface area contributed by atoms with E-state index >= 15 is 0 Å². The van der Waals surface area contributed by atoms with Gasteiger partial charge in [0.25, 0.3) is 0 Å². The fourth-order valence-corrected chi connectivity index (χ4v) is 7.99. The molecule has 2 heterocycles. The molecule has 1 amide bonds. The molecule has 10 heteroatoms. The number of sulfonamides is 1. The topological polar surface area (TPSA) is 88.6 Å². The highest BCUT2D eigenvalue weighted by atomic mass is 32.2. The molecule has 3 atom stereocenters. The molecule has 0 aromatic heterocycles. The predicted octanol–water partition coefficient (Wildman–Crippen LogP) is 5.32. The summed E-state index contributed by atoms with van der Waals surface area (Å²) < 4.78 is 46.5. The van der Waals surface area contributed by atoms with E-state index in [-0.39, 0.29) is 29.8 Å². The molecule has 0 bridgehead atoms. The van der Waals surface area contributed by atoms with E-state index in [9.17, 15) is 13.2 Å². The number of piperazine rings is 1. The molecule has 3 aromatic rings. The lowest BCUT2D eigenvalue weighted by atomic mass is 9.95. The van der Waals surface area contributed by atoms with E-state index in [1.165, 1.54) is 41.8 Å². The first-order valence-corrected chi connectivity index (χ1v) is 17.1.